The van der Waals surface area contributed by atoms with Gasteiger partial charge in [0.05, 0.1) is 38.5 Å². The molecule has 0 N–H and O–H groups in total. The lowest BCUT2D eigenvalue weighted by molar-refractivity contribution is 1.18. The molecule has 0 aliphatic heterocycles. The molecule has 19 aromatic carbocycles. The van der Waals surface area contributed by atoms with E-state index in [-0.39, 0.29) is 0 Å². The fourth-order valence-corrected chi connectivity index (χ4v) is 22.2. The average molecular weight is 1580 g/mol. The minimum atomic E-state index is 1.05. The van der Waals surface area contributed by atoms with E-state index < -0.39 is 0 Å². The smallest absolute Gasteiger partial charge is 0.0640 e. The number of hydrogen-bond donors (Lipinski definition) is 0. The van der Waals surface area contributed by atoms with E-state index >= 15 is 0 Å². The minimum Gasteiger partial charge on any atom is -0.309 e. The van der Waals surface area contributed by atoms with Crippen LogP contribution in [0.2, 0.25) is 0 Å². The van der Waals surface area contributed by atoms with Crippen LogP contribution < -0.4 is 9.80 Å². The van der Waals surface area contributed by atoms with Gasteiger partial charge in [-0.1, -0.05) is 334 Å². The lowest BCUT2D eigenvalue weighted by Gasteiger charge is -2.30. The third kappa shape index (κ3) is 12.1. The number of fused-ring (bicyclic) bond motifs is 12. The van der Waals surface area contributed by atoms with E-state index in [0.29, 0.717) is 0 Å². The van der Waals surface area contributed by atoms with Crippen LogP contribution in [0.3, 0.4) is 0 Å². The van der Waals surface area contributed by atoms with Gasteiger partial charge in [-0.2, -0.15) is 0 Å². The molecule has 0 fully saturated rings. The highest BCUT2D eigenvalue weighted by Gasteiger charge is 2.30. The van der Waals surface area contributed by atoms with E-state index in [0.717, 1.165) is 123 Å². The molecule has 0 bridgehead atoms. The molecule has 6 heteroatoms. The molecule has 0 spiro atoms. The number of aromatic nitrogens is 1. The minimum absolute atomic E-state index is 1.05. The number of benzene rings is 19. The van der Waals surface area contributed by atoms with Crippen molar-refractivity contribution in [2.45, 2.75) is 0 Å². The first-order chi connectivity index (χ1) is 59.6. The van der Waals surface area contributed by atoms with E-state index in [2.05, 4.69) is 457 Å². The summed E-state index contributed by atoms with van der Waals surface area (Å²) in [5.41, 5.74) is 30.8. The van der Waals surface area contributed by atoms with Gasteiger partial charge in [-0.25, -0.2) is 0 Å². The second-order valence-corrected chi connectivity index (χ2v) is 34.0. The van der Waals surface area contributed by atoms with Crippen LogP contribution in [0.1, 0.15) is 0 Å². The fourth-order valence-electron chi connectivity index (χ4n) is 18.7. The fraction of sp³-hybridized carbons (Fsp3) is 0. The van der Waals surface area contributed by atoms with Gasteiger partial charge in [0, 0.05) is 94.8 Å². The standard InChI is InChI=1S/C114H73N3S3/c1-5-30-75(31-6-1)85-38-13-15-41-91(85)109-87(77-34-9-3-10-35-77)46-25-51-99(109)116(83-68-62-79(63-69-83)89-48-28-59-107-111(89)95-44-19-23-57-105(95)118-107)102-54-29-53-101-113(102)94-43-17-21-50-98(94)115(101)82-66-60-74(61-67-82)81-72-97(112-96-45-20-24-58-106(96)119-108(112)73-81)80-64-70-84(71-65-80)117(103-55-27-49-93-90-40-18-22-56-104(90)120-114(93)103)100-52-26-47-88(78-36-11-4-12-37-78)110(100)92-42-16-14-39-86(92)76-32-7-2-8-33-76/h1-73H. The average Bonchev–Trinajstić information content (AvgIpc) is 1.53. The van der Waals surface area contributed by atoms with Crippen LogP contribution in [-0.4, -0.2) is 4.57 Å². The third-order valence-corrected chi connectivity index (χ3v) is 27.5. The van der Waals surface area contributed by atoms with Crippen LogP contribution >= 0.6 is 34.0 Å². The molecule has 0 aliphatic rings. The summed E-state index contributed by atoms with van der Waals surface area (Å²) in [6.07, 6.45) is 0. The Morgan fingerprint density at radius 3 is 1.12 bits per heavy atom. The first kappa shape index (κ1) is 70.6. The molecule has 3 nitrogen and oxygen atoms in total. The van der Waals surface area contributed by atoms with Crippen molar-refractivity contribution in [3.63, 3.8) is 0 Å². The Morgan fingerprint density at radius 1 is 0.183 bits per heavy atom. The van der Waals surface area contributed by atoms with Crippen LogP contribution in [0.15, 0.2) is 443 Å². The van der Waals surface area contributed by atoms with Gasteiger partial charge in [-0.05, 0) is 198 Å². The number of thiophene rings is 3. The molecular weight excluding hydrogens is 1510 g/mol. The van der Waals surface area contributed by atoms with Crippen molar-refractivity contribution < 1.29 is 0 Å². The molecule has 0 radical (unpaired) electrons. The zero-order valence-corrected chi connectivity index (χ0v) is 67.7. The van der Waals surface area contributed by atoms with E-state index in [4.69, 9.17) is 0 Å². The van der Waals surface area contributed by atoms with Gasteiger partial charge in [0.2, 0.25) is 0 Å². The van der Waals surface area contributed by atoms with Crippen molar-refractivity contribution in [3.8, 4) is 106 Å². The Balaban J connectivity index is 0.675. The van der Waals surface area contributed by atoms with Crippen molar-refractivity contribution >= 4 is 150 Å². The molecule has 120 heavy (non-hydrogen) atoms. The van der Waals surface area contributed by atoms with Crippen molar-refractivity contribution in [3.05, 3.63) is 443 Å². The molecule has 23 aromatic rings. The molecule has 0 saturated carbocycles. The molecule has 4 aromatic heterocycles. The number of hydrogen-bond acceptors (Lipinski definition) is 5. The van der Waals surface area contributed by atoms with E-state index in [1.807, 2.05) is 34.0 Å². The van der Waals surface area contributed by atoms with Gasteiger partial charge in [-0.3, -0.25) is 0 Å². The quantitative estimate of drug-likeness (QED) is 0.0955. The first-order valence-corrected chi connectivity index (χ1v) is 43.4. The Morgan fingerprint density at radius 2 is 0.550 bits per heavy atom. The van der Waals surface area contributed by atoms with Crippen LogP contribution in [-0.2, 0) is 0 Å². The summed E-state index contributed by atoms with van der Waals surface area (Å²) in [6, 6.07) is 164. The number of para-hydroxylation sites is 1. The predicted molar refractivity (Wildman–Crippen MR) is 518 cm³/mol. The molecule has 4 heterocycles. The van der Waals surface area contributed by atoms with Crippen LogP contribution in [0.25, 0.3) is 188 Å². The molecular formula is C114H73N3S3. The molecule has 0 amide bonds. The normalized spacial score (nSPS) is 11.7. The topological polar surface area (TPSA) is 11.4 Å². The summed E-state index contributed by atoms with van der Waals surface area (Å²) >= 11 is 5.60. The second-order valence-electron chi connectivity index (χ2n) is 30.8. The maximum atomic E-state index is 2.54. The van der Waals surface area contributed by atoms with Crippen molar-refractivity contribution in [1.82, 2.24) is 4.57 Å². The molecule has 23 rings (SSSR count). The molecule has 0 unspecified atom stereocenters. The number of rotatable bonds is 16. The molecule has 0 aliphatic carbocycles. The number of anilines is 6. The predicted octanol–water partition coefficient (Wildman–Crippen LogP) is 33.8. The van der Waals surface area contributed by atoms with Crippen LogP contribution in [0.5, 0.6) is 0 Å². The maximum Gasteiger partial charge on any atom is 0.0640 e. The van der Waals surface area contributed by atoms with Crippen molar-refractivity contribution in [2.24, 2.45) is 0 Å². The van der Waals surface area contributed by atoms with E-state index in [1.54, 1.807) is 0 Å². The van der Waals surface area contributed by atoms with E-state index in [1.165, 1.54) is 99.5 Å². The van der Waals surface area contributed by atoms with Gasteiger partial charge in [0.25, 0.3) is 0 Å². The zero-order chi connectivity index (χ0) is 79.1. The second kappa shape index (κ2) is 29.8. The van der Waals surface area contributed by atoms with Gasteiger partial charge >= 0.3 is 0 Å². The highest BCUT2D eigenvalue weighted by Crippen LogP contribution is 2.55. The van der Waals surface area contributed by atoms with Crippen LogP contribution in [0, 0.1) is 0 Å². The number of nitrogens with zero attached hydrogens (tertiary/aromatic N) is 3. The summed E-state index contributed by atoms with van der Waals surface area (Å²) in [4.78, 5) is 5.08. The third-order valence-electron chi connectivity index (χ3n) is 24.1. The molecule has 0 atom stereocenters. The van der Waals surface area contributed by atoms with Gasteiger partial charge in [0.15, 0.2) is 0 Å². The monoisotopic (exact) mass is 1580 g/mol. The van der Waals surface area contributed by atoms with E-state index in [9.17, 15) is 0 Å². The lowest BCUT2D eigenvalue weighted by atomic mass is 9.87. The highest BCUT2D eigenvalue weighted by atomic mass is 32.1. The van der Waals surface area contributed by atoms with Gasteiger partial charge in [-0.15, -0.1) is 34.0 Å². The molecule has 562 valence electrons. The SMILES string of the molecule is c1ccc(-c2ccccc2-c2c(-c3ccccc3)cccc2N(c2ccc(-c3cc(-c4ccc(-n5c6ccccc6c6c(N(c7ccc(-c8cccc9sc%10ccccc%10c89)cc7)c7cccc(-c8ccccc8)c7-c7ccccc7-c7ccccc7)cccc65)cc4)cc4sc5ccccc5c34)cc2)c2cccc3c2sc2ccccc23)cc1. The summed E-state index contributed by atoms with van der Waals surface area (Å²) in [7, 11) is 0. The lowest BCUT2D eigenvalue weighted by Crippen LogP contribution is -2.12. The maximum absolute atomic E-state index is 2.54. The Labute approximate surface area is 708 Å². The van der Waals surface area contributed by atoms with Crippen molar-refractivity contribution in [1.29, 1.82) is 0 Å². The highest BCUT2D eigenvalue weighted by molar-refractivity contribution is 7.27. The van der Waals surface area contributed by atoms with Gasteiger partial charge in [0.1, 0.15) is 0 Å². The summed E-state index contributed by atoms with van der Waals surface area (Å²) in [5, 5.41) is 9.94. The first-order valence-electron chi connectivity index (χ1n) is 40.9. The van der Waals surface area contributed by atoms with Gasteiger partial charge < -0.3 is 14.4 Å². The summed E-state index contributed by atoms with van der Waals surface area (Å²) in [6.45, 7) is 0. The van der Waals surface area contributed by atoms with Crippen LogP contribution in [0.4, 0.5) is 34.1 Å². The Kier molecular flexibility index (Phi) is 17.5. The summed E-state index contributed by atoms with van der Waals surface area (Å²) in [5.74, 6) is 0. The van der Waals surface area contributed by atoms with Crippen molar-refractivity contribution in [2.75, 3.05) is 9.80 Å². The largest absolute Gasteiger partial charge is 0.309 e. The Bertz CT molecular complexity index is 7880. The summed E-state index contributed by atoms with van der Waals surface area (Å²) < 4.78 is 10.1. The Hall–Kier alpha value is -14.8. The zero-order valence-electron chi connectivity index (χ0n) is 65.2. The molecule has 0 saturated heterocycles.